The molecule has 2 aliphatic rings. The molecule has 0 radical (unpaired) electrons. The molecule has 2 saturated heterocycles. The topological polar surface area (TPSA) is 87.0 Å². The highest BCUT2D eigenvalue weighted by Gasteiger charge is 2.40. The number of nitrogens with one attached hydrogen (secondary N) is 1. The molecule has 0 amide bonds. The van der Waals surface area contributed by atoms with E-state index in [9.17, 15) is 0 Å². The molecule has 2 bridgehead atoms. The number of piperidine rings is 1. The third-order valence-electron chi connectivity index (χ3n) is 6.56. The van der Waals surface area contributed by atoms with Crippen LogP contribution in [-0.2, 0) is 0 Å². The van der Waals surface area contributed by atoms with Crippen molar-refractivity contribution in [2.24, 2.45) is 5.73 Å². The fraction of sp³-hybridized carbons (Fsp3) is 0.409. The number of fused-ring (bicyclic) bond motifs is 4. The molecule has 31 heavy (non-hydrogen) atoms. The van der Waals surface area contributed by atoms with E-state index >= 15 is 0 Å². The van der Waals surface area contributed by atoms with Crippen molar-refractivity contribution in [2.75, 3.05) is 23.9 Å². The lowest BCUT2D eigenvalue weighted by Gasteiger charge is -2.38. The Hall–Kier alpha value is -2.42. The number of thiazole rings is 1. The van der Waals surface area contributed by atoms with Crippen molar-refractivity contribution in [3.8, 4) is 11.1 Å². The van der Waals surface area contributed by atoms with Crippen molar-refractivity contribution in [3.05, 3.63) is 29.5 Å². The summed E-state index contributed by atoms with van der Waals surface area (Å²) in [5.74, 6) is 0.944. The molecule has 9 heteroatoms. The van der Waals surface area contributed by atoms with Gasteiger partial charge in [-0.3, -0.25) is 0 Å². The minimum atomic E-state index is 0.305. The quantitative estimate of drug-likeness (QED) is 0.477. The molecule has 2 aliphatic heterocycles. The Balaban J connectivity index is 1.40. The lowest BCUT2D eigenvalue weighted by atomic mass is 9.98. The Bertz CT molecular complexity index is 1280. The average Bonchev–Trinajstić information content (AvgIpc) is 3.43. The zero-order chi connectivity index (χ0) is 21.3. The molecule has 2 unspecified atom stereocenters. The van der Waals surface area contributed by atoms with Gasteiger partial charge in [0.15, 0.2) is 10.8 Å². The number of nitrogens with two attached hydrogens (primary N) is 1. The molecule has 3 N–H and O–H groups in total. The van der Waals surface area contributed by atoms with Crippen molar-refractivity contribution < 1.29 is 0 Å². The Kier molecular flexibility index (Phi) is 4.38. The number of hydrogen-bond acceptors (Lipinski definition) is 7. The number of benzene rings is 1. The van der Waals surface area contributed by atoms with E-state index in [1.807, 2.05) is 43.5 Å². The van der Waals surface area contributed by atoms with Crippen LogP contribution in [0.15, 0.2) is 24.5 Å². The van der Waals surface area contributed by atoms with Crippen LogP contribution in [0.5, 0.6) is 0 Å². The highest BCUT2D eigenvalue weighted by Crippen LogP contribution is 2.42. The monoisotopic (exact) mass is 453 g/mol. The lowest BCUT2D eigenvalue weighted by Crippen LogP contribution is -2.47. The third kappa shape index (κ3) is 3.00. The predicted molar refractivity (Wildman–Crippen MR) is 128 cm³/mol. The van der Waals surface area contributed by atoms with E-state index in [1.54, 1.807) is 11.3 Å². The molecule has 1 aromatic carbocycles. The fourth-order valence-corrected chi connectivity index (χ4v) is 6.46. The molecule has 0 spiro atoms. The van der Waals surface area contributed by atoms with E-state index < -0.39 is 0 Å². The number of halogens is 1. The minimum Gasteiger partial charge on any atom is -0.354 e. The number of anilines is 2. The van der Waals surface area contributed by atoms with Crippen LogP contribution in [0.1, 0.15) is 25.7 Å². The number of H-pyrrole nitrogens is 1. The molecule has 2 atom stereocenters. The summed E-state index contributed by atoms with van der Waals surface area (Å²) in [6, 6.07) is 5.30. The summed E-state index contributed by atoms with van der Waals surface area (Å²) in [5, 5.41) is 1.64. The van der Waals surface area contributed by atoms with Gasteiger partial charge in [0.1, 0.15) is 11.3 Å². The second-order valence-electron chi connectivity index (χ2n) is 8.82. The highest BCUT2D eigenvalue weighted by atomic mass is 35.5. The summed E-state index contributed by atoms with van der Waals surface area (Å²) < 4.78 is 0.989. The first-order chi connectivity index (χ1) is 15.0. The van der Waals surface area contributed by atoms with Gasteiger partial charge in [-0.1, -0.05) is 29.0 Å². The number of aromatic nitrogens is 4. The Morgan fingerprint density at radius 3 is 2.68 bits per heavy atom. The summed E-state index contributed by atoms with van der Waals surface area (Å²) in [6.07, 6.45) is 8.30. The first-order valence-corrected chi connectivity index (χ1v) is 11.8. The van der Waals surface area contributed by atoms with Gasteiger partial charge in [0.2, 0.25) is 0 Å². The van der Waals surface area contributed by atoms with Crippen molar-refractivity contribution in [3.63, 3.8) is 0 Å². The van der Waals surface area contributed by atoms with Gasteiger partial charge in [0.25, 0.3) is 0 Å². The Labute approximate surface area is 189 Å². The van der Waals surface area contributed by atoms with E-state index in [2.05, 4.69) is 14.9 Å². The maximum Gasteiger partial charge on any atom is 0.185 e. The first-order valence-electron chi connectivity index (χ1n) is 10.6. The van der Waals surface area contributed by atoms with Gasteiger partial charge in [0, 0.05) is 49.5 Å². The summed E-state index contributed by atoms with van der Waals surface area (Å²) in [7, 11) is 3.98. The first kappa shape index (κ1) is 19.3. The van der Waals surface area contributed by atoms with E-state index in [-0.39, 0.29) is 0 Å². The van der Waals surface area contributed by atoms with E-state index in [0.29, 0.717) is 23.1 Å². The molecule has 0 aliphatic carbocycles. The molecular formula is C22H24ClN7S. The van der Waals surface area contributed by atoms with Gasteiger partial charge in [-0.15, -0.1) is 0 Å². The molecule has 5 heterocycles. The standard InChI is InChI=1S/C22H24ClN7S/c1-29(2)22-27-16-6-5-14(18(23)20(16)31-22)15-9-26-21-19(15)25-10-17(28-21)30-12-3-4-13(30)8-11(24)7-12/h5-6,9-13H,3-4,7-8,24H2,1-2H3,(H,26,28). The van der Waals surface area contributed by atoms with Crippen molar-refractivity contribution >= 4 is 55.3 Å². The molecule has 6 rings (SSSR count). The summed E-state index contributed by atoms with van der Waals surface area (Å²) >= 11 is 8.43. The molecule has 4 aromatic rings. The van der Waals surface area contributed by atoms with Gasteiger partial charge in [-0.25, -0.2) is 15.0 Å². The summed E-state index contributed by atoms with van der Waals surface area (Å²) in [5.41, 5.74) is 10.7. The molecule has 7 nitrogen and oxygen atoms in total. The van der Waals surface area contributed by atoms with E-state index in [4.69, 9.17) is 27.3 Å². The number of nitrogens with zero attached hydrogens (tertiary/aromatic N) is 5. The van der Waals surface area contributed by atoms with Crippen LogP contribution >= 0.6 is 22.9 Å². The van der Waals surface area contributed by atoms with Crippen LogP contribution < -0.4 is 15.5 Å². The van der Waals surface area contributed by atoms with Gasteiger partial charge < -0.3 is 20.5 Å². The smallest absolute Gasteiger partial charge is 0.185 e. The Morgan fingerprint density at radius 1 is 1.16 bits per heavy atom. The lowest BCUT2D eigenvalue weighted by molar-refractivity contribution is 0.412. The highest BCUT2D eigenvalue weighted by molar-refractivity contribution is 7.22. The van der Waals surface area contributed by atoms with Crippen molar-refractivity contribution in [1.29, 1.82) is 0 Å². The number of hydrogen-bond donors (Lipinski definition) is 2. The SMILES string of the molecule is CN(C)c1nc2ccc(-c3c[nH]c4nc(N5C6CCC5CC(N)C6)cnc34)c(Cl)c2s1. The minimum absolute atomic E-state index is 0.305. The van der Waals surface area contributed by atoms with Gasteiger partial charge in [0.05, 0.1) is 21.4 Å². The molecular weight excluding hydrogens is 430 g/mol. The zero-order valence-corrected chi connectivity index (χ0v) is 19.0. The number of rotatable bonds is 3. The maximum atomic E-state index is 6.83. The predicted octanol–water partition coefficient (Wildman–Crippen LogP) is 4.41. The summed E-state index contributed by atoms with van der Waals surface area (Å²) in [6.45, 7) is 0. The summed E-state index contributed by atoms with van der Waals surface area (Å²) in [4.78, 5) is 22.2. The van der Waals surface area contributed by atoms with Crippen LogP contribution in [0, 0.1) is 0 Å². The third-order valence-corrected chi connectivity index (χ3v) is 8.32. The maximum absolute atomic E-state index is 6.83. The Morgan fingerprint density at radius 2 is 1.94 bits per heavy atom. The van der Waals surface area contributed by atoms with Crippen LogP contribution in [0.3, 0.4) is 0 Å². The molecule has 3 aromatic heterocycles. The van der Waals surface area contributed by atoms with Crippen molar-refractivity contribution in [2.45, 2.75) is 43.8 Å². The normalized spacial score (nSPS) is 23.2. The number of aromatic amines is 1. The second kappa shape index (κ2) is 7.05. The molecule has 0 saturated carbocycles. The van der Waals surface area contributed by atoms with Gasteiger partial charge >= 0.3 is 0 Å². The van der Waals surface area contributed by atoms with E-state index in [0.717, 1.165) is 56.3 Å². The largest absolute Gasteiger partial charge is 0.354 e. The molecule has 2 fully saturated rings. The van der Waals surface area contributed by atoms with Gasteiger partial charge in [-0.2, -0.15) is 0 Å². The van der Waals surface area contributed by atoms with Crippen molar-refractivity contribution in [1.82, 2.24) is 19.9 Å². The van der Waals surface area contributed by atoms with Crippen LogP contribution in [-0.4, -0.2) is 52.2 Å². The zero-order valence-electron chi connectivity index (χ0n) is 17.5. The second-order valence-corrected chi connectivity index (χ2v) is 10.2. The van der Waals surface area contributed by atoms with E-state index in [1.165, 1.54) is 12.8 Å². The average molecular weight is 454 g/mol. The fourth-order valence-electron chi connectivity index (χ4n) is 5.16. The van der Waals surface area contributed by atoms with Gasteiger partial charge in [-0.05, 0) is 31.7 Å². The van der Waals surface area contributed by atoms with Crippen LogP contribution in [0.25, 0.3) is 32.5 Å². The van der Waals surface area contributed by atoms with Crippen LogP contribution in [0.2, 0.25) is 5.02 Å². The molecule has 160 valence electrons. The van der Waals surface area contributed by atoms with Crippen LogP contribution in [0.4, 0.5) is 10.9 Å².